The minimum Gasteiger partial charge on any atom is -0.465 e. The van der Waals surface area contributed by atoms with Crippen molar-refractivity contribution in [2.24, 2.45) is 5.92 Å². The highest BCUT2D eigenvalue weighted by atomic mass is 35.5. The lowest BCUT2D eigenvalue weighted by atomic mass is 9.95. The SMILES string of the molecule is C.C.C.C.C.CC(=O)OCCN1CCN(CCCN2c3ccccc3Sc3ccc(Cl)cc32)CC1.CCC(=O)c1ccc2c(c1)N(CC(C)N(C)C)c1ccccc1S2.CCSc1ccc2c(c1)N(CCCN1CCN(C)CC1)c1ccccc1S2.CN1CCN(CCCN2c3ccccc3Sc3ccc(C(F)(F)F)cc32)CC1.CSc1ccc2c(c1)N(CCC1CCCN(C)C1)c1ccccc1S2. The first-order valence-electron chi connectivity index (χ1n) is 47.6. The van der Waals surface area contributed by atoms with Gasteiger partial charge in [0.2, 0.25) is 0 Å². The van der Waals surface area contributed by atoms with Crippen molar-refractivity contribution in [2.45, 2.75) is 181 Å². The van der Waals surface area contributed by atoms with E-state index >= 15 is 0 Å². The first-order chi connectivity index (χ1) is 65.0. The van der Waals surface area contributed by atoms with Crippen LogP contribution in [0.1, 0.15) is 126 Å². The van der Waals surface area contributed by atoms with E-state index in [-0.39, 0.29) is 48.9 Å². The molecule has 9 aliphatic heterocycles. The number of para-hydroxylation sites is 5. The number of rotatable bonds is 26. The van der Waals surface area contributed by atoms with Crippen LogP contribution >= 0.6 is 93.9 Å². The van der Waals surface area contributed by atoms with Crippen molar-refractivity contribution < 1.29 is 27.5 Å². The topological polar surface area (TPSA) is 85.5 Å². The van der Waals surface area contributed by atoms with Crippen LogP contribution in [0.15, 0.2) is 271 Å². The third kappa shape index (κ3) is 30.4. The number of fused-ring (bicyclic) bond motifs is 10. The summed E-state index contributed by atoms with van der Waals surface area (Å²) in [5, 5.41) is 0.781. The van der Waals surface area contributed by atoms with Crippen molar-refractivity contribution in [2.75, 3.05) is 229 Å². The molecule has 10 aromatic carbocycles. The van der Waals surface area contributed by atoms with Crippen LogP contribution in [-0.4, -0.2) is 261 Å². The molecule has 0 aliphatic carbocycles. The fourth-order valence-corrected chi connectivity index (χ4v) is 25.2. The predicted molar refractivity (Wildman–Crippen MR) is 596 cm³/mol. The van der Waals surface area contributed by atoms with Gasteiger partial charge in [-0.2, -0.15) is 13.2 Å². The van der Waals surface area contributed by atoms with E-state index in [9.17, 15) is 22.8 Å². The number of anilines is 10. The first-order valence-corrected chi connectivity index (χ1v) is 54.3. The molecule has 0 saturated carbocycles. The number of benzene rings is 10. The predicted octanol–water partition coefficient (Wildman–Crippen LogP) is 28.3. The molecule has 0 aromatic heterocycles. The highest BCUT2D eigenvalue weighted by Gasteiger charge is 2.36. The summed E-state index contributed by atoms with van der Waals surface area (Å²) >= 11 is 19.0. The zero-order valence-electron chi connectivity index (χ0n) is 79.4. The maximum absolute atomic E-state index is 13.3. The van der Waals surface area contributed by atoms with Gasteiger partial charge in [0.05, 0.1) is 62.4 Å². The lowest BCUT2D eigenvalue weighted by molar-refractivity contribution is -0.141. The molecule has 10 aromatic rings. The van der Waals surface area contributed by atoms with E-state index in [1.54, 1.807) is 29.6 Å². The van der Waals surface area contributed by atoms with Gasteiger partial charge in [-0.1, -0.05) is 188 Å². The van der Waals surface area contributed by atoms with E-state index in [2.05, 4.69) is 277 Å². The zero-order chi connectivity index (χ0) is 93.8. The molecule has 0 amide bonds. The summed E-state index contributed by atoms with van der Waals surface area (Å²) in [6, 6.07) is 73.5. The summed E-state index contributed by atoms with van der Waals surface area (Å²) < 4.78 is 44.9. The van der Waals surface area contributed by atoms with Crippen LogP contribution in [0, 0.1) is 5.92 Å². The molecule has 0 bridgehead atoms. The van der Waals surface area contributed by atoms with Crippen LogP contribution in [0.4, 0.5) is 70.0 Å². The number of ether oxygens (including phenoxy) is 1. The number of hydrogen-bond acceptors (Lipinski definition) is 23. The second-order valence-electron chi connectivity index (χ2n) is 36.0. The van der Waals surface area contributed by atoms with Gasteiger partial charge in [0.1, 0.15) is 6.61 Å². The Morgan fingerprint density at radius 2 is 0.799 bits per heavy atom. The van der Waals surface area contributed by atoms with Crippen LogP contribution in [0.3, 0.4) is 0 Å². The summed E-state index contributed by atoms with van der Waals surface area (Å²) in [6.07, 6.45) is 5.58. The molecule has 752 valence electrons. The van der Waals surface area contributed by atoms with Gasteiger partial charge in [0.15, 0.2) is 5.78 Å². The smallest absolute Gasteiger partial charge is 0.416 e. The van der Waals surface area contributed by atoms with E-state index in [0.29, 0.717) is 31.3 Å². The molecule has 4 fully saturated rings. The second-order valence-corrected chi connectivity index (χ2v) is 44.0. The average Bonchev–Trinajstić information content (AvgIpc) is 0.781. The summed E-state index contributed by atoms with van der Waals surface area (Å²) in [5.74, 6) is 1.94. The van der Waals surface area contributed by atoms with Crippen molar-refractivity contribution in [3.63, 3.8) is 0 Å². The third-order valence-corrected chi connectivity index (χ3v) is 33.8. The number of esters is 1. The fourth-order valence-electron chi connectivity index (χ4n) is 18.5. The summed E-state index contributed by atoms with van der Waals surface area (Å²) in [7, 11) is 10.8. The number of hydrogen-bond donors (Lipinski definition) is 0. The summed E-state index contributed by atoms with van der Waals surface area (Å²) in [5.41, 5.74) is 12.2. The van der Waals surface area contributed by atoms with Crippen molar-refractivity contribution in [3.8, 4) is 0 Å². The minimum absolute atomic E-state index is 0. The molecule has 2 unspecified atom stereocenters. The molecule has 16 nitrogen and oxygen atoms in total. The van der Waals surface area contributed by atoms with Gasteiger partial charge in [-0.25, -0.2) is 0 Å². The highest BCUT2D eigenvalue weighted by molar-refractivity contribution is 8.01. The van der Waals surface area contributed by atoms with E-state index in [1.165, 1.54) is 179 Å². The van der Waals surface area contributed by atoms with Crippen molar-refractivity contribution in [3.05, 3.63) is 228 Å². The standard InChI is InChI=1S/C23H28ClN3O2S.C22H29N3S2.C21H24F3N3S.C21H26N2S2.C20H24N2OS.5CH4/c1-18(28)29-16-15-26-13-11-25(12-14-26)9-4-10-27-20-5-2-3-6-22(20)30-23-8-7-19(24)17-21(23)27;1-3-26-18-9-10-22-20(17-18)25(19-7-4-5-8-21(19)27-22)12-6-11-24-15-13-23(2)14-16-24;1-25-11-13-26(14-12-25)9-4-10-27-17-5-2-3-6-19(17)28-20-8-7-16(15-18(20)27)21(22,23)24;1-22-12-5-6-16(15-22)11-13-23-18-7-3-4-8-20(18)25-21-10-9-17(24-2)14-19(21)23;1-5-18(23)15-10-11-20-17(12-15)22(13-14(2)21(3)4)16-8-6-7-9-19(16)24-20;;;;;/h2-3,5-8,17H,4,9-16H2,1H3;4-5,7-10,17H,3,6,11-16H2,1-2H3;2-3,5-8,15H,4,9-14H2,1H3;3-4,7-10,14,16H,5-6,11-13,15H2,1-2H3;6-12,14H,5,13H2,1-4H3;5*1H4. The number of carbonyl (C=O) groups excluding carboxylic acids is 2. The van der Waals surface area contributed by atoms with Gasteiger partial charge in [-0.05, 0) is 270 Å². The molecule has 0 radical (unpaired) electrons. The molecular weight excluding hydrogens is 1890 g/mol. The Morgan fingerprint density at radius 3 is 1.22 bits per heavy atom. The van der Waals surface area contributed by atoms with E-state index in [4.69, 9.17) is 16.3 Å². The normalized spacial score (nSPS) is 16.8. The highest BCUT2D eigenvalue weighted by Crippen LogP contribution is 2.55. The van der Waals surface area contributed by atoms with Crippen molar-refractivity contribution in [1.82, 2.24) is 39.2 Å². The van der Waals surface area contributed by atoms with E-state index in [0.717, 1.165) is 154 Å². The number of ketones is 1. The second kappa shape index (κ2) is 55.0. The number of halogens is 4. The van der Waals surface area contributed by atoms with Crippen LogP contribution < -0.4 is 24.5 Å². The maximum atomic E-state index is 13.3. The van der Waals surface area contributed by atoms with Gasteiger partial charge in [0.25, 0.3) is 0 Å². The molecule has 0 N–H and O–H groups in total. The fraction of sp³-hybridized carbons (Fsp3) is 0.446. The van der Waals surface area contributed by atoms with Crippen LogP contribution in [0.2, 0.25) is 5.02 Å². The number of thioether (sulfide) groups is 2. The van der Waals surface area contributed by atoms with Gasteiger partial charge in [0, 0.05) is 213 Å². The number of Topliss-reactive ketones (excluding diaryl/α,β-unsaturated/α-hetero) is 1. The third-order valence-electron chi connectivity index (χ3n) is 26.3. The summed E-state index contributed by atoms with van der Waals surface area (Å²) in [4.78, 5) is 69.7. The lowest BCUT2D eigenvalue weighted by Crippen LogP contribution is -2.47. The van der Waals surface area contributed by atoms with Crippen molar-refractivity contribution >= 4 is 163 Å². The molecule has 9 aliphatic rings. The largest absolute Gasteiger partial charge is 0.465 e. The van der Waals surface area contributed by atoms with Crippen LogP contribution in [0.25, 0.3) is 0 Å². The van der Waals surface area contributed by atoms with Gasteiger partial charge in [-0.3, -0.25) is 14.5 Å². The van der Waals surface area contributed by atoms with Crippen LogP contribution in [-0.2, 0) is 15.7 Å². The Kier molecular flexibility index (Phi) is 44.9. The molecular formula is C112H151ClF3N13O3S7. The Labute approximate surface area is 866 Å². The molecule has 27 heteroatoms. The van der Waals surface area contributed by atoms with Gasteiger partial charge in [-0.15, -0.1) is 23.5 Å². The number of nitrogens with zero attached hydrogens (tertiary/aromatic N) is 13. The Balaban J connectivity index is 0.000000178. The minimum atomic E-state index is -4.33. The van der Waals surface area contributed by atoms with Gasteiger partial charge < -0.3 is 63.5 Å². The number of piperidine rings is 1. The van der Waals surface area contributed by atoms with Crippen molar-refractivity contribution in [1.29, 1.82) is 0 Å². The maximum Gasteiger partial charge on any atom is 0.416 e. The first kappa shape index (κ1) is 113. The average molecular weight is 2040 g/mol. The molecule has 4 saturated heterocycles. The molecule has 139 heavy (non-hydrogen) atoms. The molecule has 9 heterocycles. The molecule has 0 spiro atoms. The zero-order valence-corrected chi connectivity index (χ0v) is 85.9. The number of piperazine rings is 3. The number of likely N-dealkylation sites (tertiary alicyclic amines) is 1. The number of alkyl halides is 3. The Bertz CT molecular complexity index is 5570. The van der Waals surface area contributed by atoms with Gasteiger partial charge >= 0.3 is 12.1 Å². The summed E-state index contributed by atoms with van der Waals surface area (Å²) in [6.45, 7) is 32.9. The number of carbonyl (C=O) groups is 2. The quantitative estimate of drug-likeness (QED) is 0.0293. The monoisotopic (exact) mass is 2040 g/mol. The lowest BCUT2D eigenvalue weighted by Gasteiger charge is -2.36. The Hall–Kier alpha value is -7.45. The Morgan fingerprint density at radius 1 is 0.432 bits per heavy atom. The van der Waals surface area contributed by atoms with E-state index in [1.807, 2.05) is 102 Å². The molecule has 2 atom stereocenters. The van der Waals surface area contributed by atoms with Crippen LogP contribution in [0.5, 0.6) is 0 Å². The number of likely N-dealkylation sites (N-methyl/N-ethyl adjacent to an activating group) is 3. The van der Waals surface area contributed by atoms with E-state index < -0.39 is 11.7 Å². The molecule has 19 rings (SSSR count).